The Morgan fingerprint density at radius 1 is 1.33 bits per heavy atom. The van der Waals surface area contributed by atoms with Crippen LogP contribution in [-0.2, 0) is 4.74 Å². The third-order valence-corrected chi connectivity index (χ3v) is 4.93. The molecule has 0 bridgehead atoms. The zero-order chi connectivity index (χ0) is 17.2. The van der Waals surface area contributed by atoms with Gasteiger partial charge in [-0.3, -0.25) is 4.99 Å². The summed E-state index contributed by atoms with van der Waals surface area (Å²) in [6, 6.07) is 8.83. The highest BCUT2D eigenvalue weighted by Gasteiger charge is 2.24. The molecule has 1 aliphatic heterocycles. The van der Waals surface area contributed by atoms with Crippen molar-refractivity contribution in [3.63, 3.8) is 0 Å². The van der Waals surface area contributed by atoms with E-state index in [0.29, 0.717) is 6.04 Å². The molecule has 1 heterocycles. The van der Waals surface area contributed by atoms with Crippen LogP contribution in [0.15, 0.2) is 33.7 Å². The molecule has 24 heavy (non-hydrogen) atoms. The van der Waals surface area contributed by atoms with Crippen molar-refractivity contribution < 1.29 is 4.74 Å². The van der Waals surface area contributed by atoms with Crippen LogP contribution in [0.2, 0.25) is 0 Å². The van der Waals surface area contributed by atoms with Gasteiger partial charge in [-0.2, -0.15) is 0 Å². The summed E-state index contributed by atoms with van der Waals surface area (Å²) >= 11 is 3.64. The summed E-state index contributed by atoms with van der Waals surface area (Å²) in [5.41, 5.74) is 1.27. The van der Waals surface area contributed by atoms with Crippen molar-refractivity contribution in [2.75, 3.05) is 45.3 Å². The number of nitrogens with zero attached hydrogens (tertiary/aromatic N) is 2. The van der Waals surface area contributed by atoms with Crippen LogP contribution >= 0.6 is 15.9 Å². The molecule has 1 aliphatic rings. The Labute approximate surface area is 154 Å². The number of hydrogen-bond donors (Lipinski definition) is 2. The fourth-order valence-corrected chi connectivity index (χ4v) is 3.48. The minimum absolute atomic E-state index is 0.428. The molecule has 0 aliphatic carbocycles. The highest BCUT2D eigenvalue weighted by molar-refractivity contribution is 9.10. The Kier molecular flexibility index (Phi) is 8.39. The minimum atomic E-state index is 0.428. The van der Waals surface area contributed by atoms with Gasteiger partial charge in [0.2, 0.25) is 0 Å². The van der Waals surface area contributed by atoms with E-state index in [1.807, 2.05) is 7.05 Å². The van der Waals surface area contributed by atoms with E-state index in [0.717, 1.165) is 55.9 Å². The molecule has 1 aromatic carbocycles. The standard InChI is InChI=1S/C18H29BrN4O/c1-20-18(21-11-6-3-7-13-24-2)22-15-10-12-23(14-15)17-9-5-4-8-16(17)19/h4-5,8-9,15H,3,6-7,10-14H2,1-2H3,(H2,20,21,22). The molecule has 1 unspecified atom stereocenters. The molecule has 6 heteroatoms. The Morgan fingerprint density at radius 2 is 2.17 bits per heavy atom. The maximum atomic E-state index is 5.07. The van der Waals surface area contributed by atoms with E-state index in [1.54, 1.807) is 7.11 Å². The first-order chi connectivity index (χ1) is 11.7. The lowest BCUT2D eigenvalue weighted by molar-refractivity contribution is 0.192. The van der Waals surface area contributed by atoms with E-state index in [4.69, 9.17) is 4.74 Å². The smallest absolute Gasteiger partial charge is 0.191 e. The fraction of sp³-hybridized carbons (Fsp3) is 0.611. The Hall–Kier alpha value is -1.27. The predicted molar refractivity (Wildman–Crippen MR) is 105 cm³/mol. The summed E-state index contributed by atoms with van der Waals surface area (Å²) in [6.45, 7) is 3.86. The lowest BCUT2D eigenvalue weighted by Gasteiger charge is -2.21. The van der Waals surface area contributed by atoms with E-state index in [9.17, 15) is 0 Å². The van der Waals surface area contributed by atoms with Crippen LogP contribution in [0.1, 0.15) is 25.7 Å². The summed E-state index contributed by atoms with van der Waals surface area (Å²) in [5.74, 6) is 0.903. The average molecular weight is 397 g/mol. The summed E-state index contributed by atoms with van der Waals surface area (Å²) in [4.78, 5) is 6.76. The lowest BCUT2D eigenvalue weighted by atomic mass is 10.2. The van der Waals surface area contributed by atoms with Crippen LogP contribution in [0.4, 0.5) is 5.69 Å². The summed E-state index contributed by atoms with van der Waals surface area (Å²) < 4.78 is 6.23. The molecular weight excluding hydrogens is 368 g/mol. The van der Waals surface area contributed by atoms with Gasteiger partial charge < -0.3 is 20.3 Å². The van der Waals surface area contributed by atoms with Crippen LogP contribution in [0.3, 0.4) is 0 Å². The highest BCUT2D eigenvalue weighted by Crippen LogP contribution is 2.28. The Bertz CT molecular complexity index is 523. The molecule has 1 saturated heterocycles. The number of rotatable bonds is 8. The quantitative estimate of drug-likeness (QED) is 0.402. The molecule has 0 spiro atoms. The van der Waals surface area contributed by atoms with Crippen molar-refractivity contribution in [2.24, 2.45) is 4.99 Å². The number of hydrogen-bond acceptors (Lipinski definition) is 3. The number of guanidine groups is 1. The molecule has 0 radical (unpaired) electrons. The molecule has 1 fully saturated rings. The zero-order valence-electron chi connectivity index (χ0n) is 14.7. The number of methoxy groups -OCH3 is 1. The van der Waals surface area contributed by atoms with Crippen LogP contribution in [0.25, 0.3) is 0 Å². The second-order valence-electron chi connectivity index (χ2n) is 6.08. The maximum absolute atomic E-state index is 5.07. The molecule has 0 saturated carbocycles. The second kappa shape index (κ2) is 10.6. The van der Waals surface area contributed by atoms with Crippen molar-refractivity contribution in [3.8, 4) is 0 Å². The van der Waals surface area contributed by atoms with Gasteiger partial charge in [0, 0.05) is 50.9 Å². The largest absolute Gasteiger partial charge is 0.385 e. The number of para-hydroxylation sites is 1. The molecule has 1 atom stereocenters. The van der Waals surface area contributed by atoms with Gasteiger partial charge in [0.1, 0.15) is 0 Å². The van der Waals surface area contributed by atoms with Crippen molar-refractivity contribution in [1.29, 1.82) is 0 Å². The summed E-state index contributed by atoms with van der Waals surface area (Å²) in [6.07, 6.45) is 4.55. The van der Waals surface area contributed by atoms with E-state index in [2.05, 4.69) is 60.7 Å². The van der Waals surface area contributed by atoms with Crippen molar-refractivity contribution >= 4 is 27.6 Å². The number of halogens is 1. The highest BCUT2D eigenvalue weighted by atomic mass is 79.9. The average Bonchev–Trinajstić information content (AvgIpc) is 3.05. The van der Waals surface area contributed by atoms with Gasteiger partial charge in [0.25, 0.3) is 0 Å². The fourth-order valence-electron chi connectivity index (χ4n) is 2.95. The topological polar surface area (TPSA) is 48.9 Å². The number of anilines is 1. The van der Waals surface area contributed by atoms with Gasteiger partial charge in [-0.1, -0.05) is 12.1 Å². The van der Waals surface area contributed by atoms with Crippen molar-refractivity contribution in [2.45, 2.75) is 31.7 Å². The Balaban J connectivity index is 1.72. The third kappa shape index (κ3) is 5.98. The van der Waals surface area contributed by atoms with Crippen LogP contribution in [0, 0.1) is 0 Å². The van der Waals surface area contributed by atoms with Gasteiger partial charge in [-0.15, -0.1) is 0 Å². The first-order valence-corrected chi connectivity index (χ1v) is 9.49. The minimum Gasteiger partial charge on any atom is -0.385 e. The number of ether oxygens (including phenoxy) is 1. The van der Waals surface area contributed by atoms with Gasteiger partial charge >= 0.3 is 0 Å². The molecule has 134 valence electrons. The SMILES string of the molecule is CN=C(NCCCCCOC)NC1CCN(c2ccccc2Br)C1. The monoisotopic (exact) mass is 396 g/mol. The van der Waals surface area contributed by atoms with E-state index in [1.165, 1.54) is 12.1 Å². The first kappa shape index (κ1) is 19.1. The molecule has 0 amide bonds. The first-order valence-electron chi connectivity index (χ1n) is 8.70. The number of aliphatic imine (C=N–C) groups is 1. The molecule has 0 aromatic heterocycles. The second-order valence-corrected chi connectivity index (χ2v) is 6.93. The molecule has 2 N–H and O–H groups in total. The summed E-state index contributed by atoms with van der Waals surface area (Å²) in [7, 11) is 3.59. The van der Waals surface area contributed by atoms with Crippen LogP contribution < -0.4 is 15.5 Å². The molecule has 5 nitrogen and oxygen atoms in total. The normalized spacial score (nSPS) is 18.0. The van der Waals surface area contributed by atoms with Crippen molar-refractivity contribution in [3.05, 3.63) is 28.7 Å². The van der Waals surface area contributed by atoms with E-state index < -0.39 is 0 Å². The van der Waals surface area contributed by atoms with E-state index >= 15 is 0 Å². The van der Waals surface area contributed by atoms with Gasteiger partial charge in [0.15, 0.2) is 5.96 Å². The van der Waals surface area contributed by atoms with Gasteiger partial charge in [0.05, 0.1) is 5.69 Å². The molecule has 2 rings (SSSR count). The summed E-state index contributed by atoms with van der Waals surface area (Å²) in [5, 5.41) is 6.95. The molecular formula is C18H29BrN4O. The predicted octanol–water partition coefficient (Wildman–Crippen LogP) is 3.01. The maximum Gasteiger partial charge on any atom is 0.191 e. The number of nitrogens with one attached hydrogen (secondary N) is 2. The van der Waals surface area contributed by atoms with Crippen LogP contribution in [-0.4, -0.2) is 52.4 Å². The zero-order valence-corrected chi connectivity index (χ0v) is 16.3. The number of unbranched alkanes of at least 4 members (excludes halogenated alkanes) is 2. The molecule has 1 aromatic rings. The van der Waals surface area contributed by atoms with Gasteiger partial charge in [-0.25, -0.2) is 0 Å². The number of benzene rings is 1. The van der Waals surface area contributed by atoms with Crippen molar-refractivity contribution in [1.82, 2.24) is 10.6 Å². The van der Waals surface area contributed by atoms with E-state index in [-0.39, 0.29) is 0 Å². The Morgan fingerprint density at radius 3 is 2.92 bits per heavy atom. The lowest BCUT2D eigenvalue weighted by Crippen LogP contribution is -2.44. The van der Waals surface area contributed by atoms with Gasteiger partial charge in [-0.05, 0) is 53.7 Å². The van der Waals surface area contributed by atoms with Crippen LogP contribution in [0.5, 0.6) is 0 Å². The third-order valence-electron chi connectivity index (χ3n) is 4.26.